The Morgan fingerprint density at radius 1 is 1.21 bits per heavy atom. The van der Waals surface area contributed by atoms with Gasteiger partial charge in [0.15, 0.2) is 0 Å². The molecule has 2 heterocycles. The third-order valence-corrected chi connectivity index (χ3v) is 4.71. The summed E-state index contributed by atoms with van der Waals surface area (Å²) in [6, 6.07) is 0. The Bertz CT molecular complexity index is 364. The van der Waals surface area contributed by atoms with Crippen LogP contribution in [0.5, 0.6) is 0 Å². The first-order valence-electron chi connectivity index (χ1n) is 7.55. The average Bonchev–Trinajstić information content (AvgIpc) is 2.20. The van der Waals surface area contributed by atoms with Crippen molar-refractivity contribution in [2.45, 2.75) is 64.0 Å². The summed E-state index contributed by atoms with van der Waals surface area (Å²) in [5, 5.41) is 3.70. The predicted molar refractivity (Wildman–Crippen MR) is 74.1 cm³/mol. The van der Waals surface area contributed by atoms with Crippen molar-refractivity contribution in [1.29, 1.82) is 0 Å². The van der Waals surface area contributed by atoms with E-state index in [1.54, 1.807) is 0 Å². The SMILES string of the molecule is CC(C)(C)OC(=O)N1CC2(C1)CC1(CCCCN1)C2. The summed E-state index contributed by atoms with van der Waals surface area (Å²) in [4.78, 5) is 13.8. The third kappa shape index (κ3) is 2.47. The van der Waals surface area contributed by atoms with E-state index in [1.807, 2.05) is 25.7 Å². The zero-order valence-electron chi connectivity index (χ0n) is 12.4. The van der Waals surface area contributed by atoms with Gasteiger partial charge in [-0.1, -0.05) is 6.42 Å². The second-order valence-corrected chi connectivity index (χ2v) is 7.85. The number of likely N-dealkylation sites (tertiary alicyclic amines) is 1. The van der Waals surface area contributed by atoms with Crippen LogP contribution in [0.1, 0.15) is 52.9 Å². The zero-order chi connectivity index (χ0) is 13.7. The average molecular weight is 266 g/mol. The van der Waals surface area contributed by atoms with Crippen molar-refractivity contribution in [2.75, 3.05) is 19.6 Å². The molecule has 3 rings (SSSR count). The van der Waals surface area contributed by atoms with Crippen molar-refractivity contribution in [1.82, 2.24) is 10.2 Å². The summed E-state index contributed by atoms with van der Waals surface area (Å²) in [5.41, 5.74) is 0.436. The van der Waals surface area contributed by atoms with Crippen LogP contribution in [-0.2, 0) is 4.74 Å². The first-order valence-corrected chi connectivity index (χ1v) is 7.55. The van der Waals surface area contributed by atoms with Crippen molar-refractivity contribution >= 4 is 6.09 Å². The van der Waals surface area contributed by atoms with Crippen LogP contribution >= 0.6 is 0 Å². The Morgan fingerprint density at radius 2 is 1.89 bits per heavy atom. The van der Waals surface area contributed by atoms with E-state index in [9.17, 15) is 4.79 Å². The van der Waals surface area contributed by atoms with Gasteiger partial charge in [0.2, 0.25) is 0 Å². The van der Waals surface area contributed by atoms with Crippen LogP contribution < -0.4 is 5.32 Å². The van der Waals surface area contributed by atoms with Crippen molar-refractivity contribution in [2.24, 2.45) is 5.41 Å². The first kappa shape index (κ1) is 13.2. The number of rotatable bonds is 0. The highest BCUT2D eigenvalue weighted by Gasteiger charge is 2.60. The number of amides is 1. The molecule has 2 saturated heterocycles. The predicted octanol–water partition coefficient (Wildman–Crippen LogP) is 2.53. The molecule has 3 aliphatic rings. The van der Waals surface area contributed by atoms with Gasteiger partial charge in [-0.2, -0.15) is 0 Å². The van der Waals surface area contributed by atoms with Crippen molar-refractivity contribution in [3.05, 3.63) is 0 Å². The number of carbonyl (C=O) groups is 1. The van der Waals surface area contributed by atoms with E-state index in [-0.39, 0.29) is 11.7 Å². The van der Waals surface area contributed by atoms with E-state index in [0.717, 1.165) is 13.1 Å². The van der Waals surface area contributed by atoms with Crippen molar-refractivity contribution in [3.8, 4) is 0 Å². The van der Waals surface area contributed by atoms with Gasteiger partial charge in [0.1, 0.15) is 5.60 Å². The number of carbonyl (C=O) groups excluding carboxylic acids is 1. The Kier molecular flexibility index (Phi) is 2.86. The number of hydrogen-bond acceptors (Lipinski definition) is 3. The number of hydrogen-bond donors (Lipinski definition) is 1. The summed E-state index contributed by atoms with van der Waals surface area (Å²) in [7, 11) is 0. The number of piperidine rings is 1. The van der Waals surface area contributed by atoms with Crippen LogP contribution in [0.2, 0.25) is 0 Å². The van der Waals surface area contributed by atoms with Gasteiger partial charge in [0, 0.05) is 24.0 Å². The molecule has 2 aliphatic heterocycles. The molecule has 0 atom stereocenters. The topological polar surface area (TPSA) is 41.6 Å². The molecule has 0 aromatic heterocycles. The molecule has 1 saturated carbocycles. The quantitative estimate of drug-likeness (QED) is 0.732. The fourth-order valence-electron chi connectivity index (χ4n) is 4.16. The lowest BCUT2D eigenvalue weighted by Crippen LogP contribution is -2.73. The molecule has 3 fully saturated rings. The van der Waals surface area contributed by atoms with Crippen LogP contribution in [0.25, 0.3) is 0 Å². The Hall–Kier alpha value is -0.770. The van der Waals surface area contributed by atoms with Crippen LogP contribution in [0.4, 0.5) is 4.79 Å². The maximum absolute atomic E-state index is 11.9. The highest BCUT2D eigenvalue weighted by Crippen LogP contribution is 2.56. The lowest BCUT2D eigenvalue weighted by atomic mass is 9.52. The summed E-state index contributed by atoms with van der Waals surface area (Å²) in [6.45, 7) is 8.72. The lowest BCUT2D eigenvalue weighted by molar-refractivity contribution is -0.121. The van der Waals surface area contributed by atoms with E-state index >= 15 is 0 Å². The van der Waals surface area contributed by atoms with Crippen LogP contribution in [0.3, 0.4) is 0 Å². The van der Waals surface area contributed by atoms with Gasteiger partial charge in [-0.05, 0) is 53.0 Å². The van der Waals surface area contributed by atoms with Crippen LogP contribution in [0.15, 0.2) is 0 Å². The molecular weight excluding hydrogens is 240 g/mol. The molecule has 19 heavy (non-hydrogen) atoms. The minimum Gasteiger partial charge on any atom is -0.444 e. The Morgan fingerprint density at radius 3 is 2.42 bits per heavy atom. The van der Waals surface area contributed by atoms with Gasteiger partial charge in [-0.25, -0.2) is 4.79 Å². The van der Waals surface area contributed by atoms with E-state index in [1.165, 1.54) is 38.6 Å². The molecule has 1 amide bonds. The summed E-state index contributed by atoms with van der Waals surface area (Å²) < 4.78 is 5.41. The van der Waals surface area contributed by atoms with E-state index < -0.39 is 0 Å². The van der Waals surface area contributed by atoms with Crippen LogP contribution in [-0.4, -0.2) is 41.8 Å². The third-order valence-electron chi connectivity index (χ3n) is 4.71. The number of nitrogens with zero attached hydrogens (tertiary/aromatic N) is 1. The second kappa shape index (κ2) is 4.11. The van der Waals surface area contributed by atoms with Crippen molar-refractivity contribution in [3.63, 3.8) is 0 Å². The highest BCUT2D eigenvalue weighted by atomic mass is 16.6. The fraction of sp³-hybridized carbons (Fsp3) is 0.933. The second-order valence-electron chi connectivity index (χ2n) is 7.85. The Balaban J connectivity index is 1.47. The number of ether oxygens (including phenoxy) is 1. The molecule has 0 radical (unpaired) electrons. The Labute approximate surface area is 115 Å². The van der Waals surface area contributed by atoms with Crippen LogP contribution in [0, 0.1) is 5.41 Å². The normalized spacial score (nSPS) is 27.8. The standard InChI is InChI=1S/C15H26N2O2/c1-13(2,3)19-12(18)17-10-14(11-17)8-15(9-14)6-4-5-7-16-15/h16H,4-11H2,1-3H3. The van der Waals surface area contributed by atoms with Gasteiger partial charge in [-0.15, -0.1) is 0 Å². The molecule has 1 N–H and O–H groups in total. The molecule has 0 bridgehead atoms. The monoisotopic (exact) mass is 266 g/mol. The van der Waals surface area contributed by atoms with Gasteiger partial charge >= 0.3 is 6.09 Å². The van der Waals surface area contributed by atoms with E-state index in [2.05, 4.69) is 5.32 Å². The first-order chi connectivity index (χ1) is 8.82. The van der Waals surface area contributed by atoms with Gasteiger partial charge < -0.3 is 15.0 Å². The van der Waals surface area contributed by atoms with E-state index in [0.29, 0.717) is 11.0 Å². The largest absolute Gasteiger partial charge is 0.444 e. The maximum atomic E-state index is 11.9. The summed E-state index contributed by atoms with van der Waals surface area (Å²) in [5.74, 6) is 0. The summed E-state index contributed by atoms with van der Waals surface area (Å²) in [6.07, 6.45) is 6.35. The molecule has 108 valence electrons. The molecule has 0 aromatic carbocycles. The molecule has 4 nitrogen and oxygen atoms in total. The minimum absolute atomic E-state index is 0.143. The maximum Gasteiger partial charge on any atom is 0.410 e. The van der Waals surface area contributed by atoms with E-state index in [4.69, 9.17) is 4.74 Å². The molecule has 2 spiro atoms. The molecule has 0 aromatic rings. The summed E-state index contributed by atoms with van der Waals surface area (Å²) >= 11 is 0. The zero-order valence-corrected chi connectivity index (χ0v) is 12.4. The highest BCUT2D eigenvalue weighted by molar-refractivity contribution is 5.69. The van der Waals surface area contributed by atoms with Gasteiger partial charge in [-0.3, -0.25) is 0 Å². The smallest absolute Gasteiger partial charge is 0.410 e. The van der Waals surface area contributed by atoms with Gasteiger partial charge in [0.25, 0.3) is 0 Å². The lowest BCUT2D eigenvalue weighted by Gasteiger charge is -2.65. The number of nitrogens with one attached hydrogen (secondary N) is 1. The minimum atomic E-state index is -0.383. The van der Waals surface area contributed by atoms with Gasteiger partial charge in [0.05, 0.1) is 0 Å². The van der Waals surface area contributed by atoms with Crippen molar-refractivity contribution < 1.29 is 9.53 Å². The molecule has 1 aliphatic carbocycles. The molecule has 0 unspecified atom stereocenters. The fourth-order valence-corrected chi connectivity index (χ4v) is 4.16. The molecule has 4 heteroatoms. The molecular formula is C15H26N2O2.